The normalized spacial score (nSPS) is 11.2. The predicted octanol–water partition coefficient (Wildman–Crippen LogP) is 2.76. The number of methoxy groups -OCH3 is 1. The standard InChI is InChI=1S/C14H15ClN2O3S/c1-20-14-12(6-4-8-16-14)17-9-10-11(15)5-3-7-13(10)21(2,18)19/h3-8,17H,9H2,1-2H3. The van der Waals surface area contributed by atoms with Gasteiger partial charge in [0.05, 0.1) is 17.7 Å². The maximum Gasteiger partial charge on any atom is 0.237 e. The average molecular weight is 327 g/mol. The predicted molar refractivity (Wildman–Crippen MR) is 82.7 cm³/mol. The fraction of sp³-hybridized carbons (Fsp3) is 0.214. The number of pyridine rings is 1. The van der Waals surface area contributed by atoms with Crippen molar-refractivity contribution in [1.82, 2.24) is 4.98 Å². The highest BCUT2D eigenvalue weighted by molar-refractivity contribution is 7.90. The van der Waals surface area contributed by atoms with Crippen LogP contribution in [0, 0.1) is 0 Å². The van der Waals surface area contributed by atoms with Gasteiger partial charge in [-0.3, -0.25) is 0 Å². The molecule has 1 aromatic carbocycles. The molecule has 5 nitrogen and oxygen atoms in total. The van der Waals surface area contributed by atoms with Crippen molar-refractivity contribution in [1.29, 1.82) is 0 Å². The first-order chi connectivity index (χ1) is 9.93. The van der Waals surface area contributed by atoms with E-state index < -0.39 is 9.84 Å². The minimum Gasteiger partial charge on any atom is -0.480 e. The van der Waals surface area contributed by atoms with Gasteiger partial charge in [-0.15, -0.1) is 0 Å². The maximum absolute atomic E-state index is 11.8. The minimum absolute atomic E-state index is 0.213. The molecule has 0 bridgehead atoms. The second-order valence-corrected chi connectivity index (χ2v) is 6.79. The largest absolute Gasteiger partial charge is 0.480 e. The van der Waals surface area contributed by atoms with E-state index in [2.05, 4.69) is 10.3 Å². The van der Waals surface area contributed by atoms with Gasteiger partial charge in [-0.2, -0.15) is 0 Å². The lowest BCUT2D eigenvalue weighted by molar-refractivity contribution is 0.399. The van der Waals surface area contributed by atoms with Crippen LogP contribution in [-0.2, 0) is 16.4 Å². The Labute approximate surface area is 128 Å². The van der Waals surface area contributed by atoms with E-state index in [9.17, 15) is 8.42 Å². The number of hydrogen-bond acceptors (Lipinski definition) is 5. The molecule has 0 atom stereocenters. The summed E-state index contributed by atoms with van der Waals surface area (Å²) < 4.78 is 28.8. The van der Waals surface area contributed by atoms with Gasteiger partial charge in [-0.25, -0.2) is 13.4 Å². The first-order valence-electron chi connectivity index (χ1n) is 6.14. The molecule has 0 radical (unpaired) electrons. The van der Waals surface area contributed by atoms with E-state index in [-0.39, 0.29) is 11.4 Å². The molecule has 0 amide bonds. The van der Waals surface area contributed by atoms with Crippen LogP contribution in [0.15, 0.2) is 41.4 Å². The Morgan fingerprint density at radius 1 is 1.29 bits per heavy atom. The molecule has 1 aromatic heterocycles. The number of anilines is 1. The second kappa shape index (κ2) is 6.32. The van der Waals surface area contributed by atoms with Crippen LogP contribution in [0.25, 0.3) is 0 Å². The molecule has 0 spiro atoms. The number of benzene rings is 1. The monoisotopic (exact) mass is 326 g/mol. The molecule has 0 unspecified atom stereocenters. The Hall–Kier alpha value is -1.79. The van der Waals surface area contributed by atoms with Crippen LogP contribution >= 0.6 is 11.6 Å². The van der Waals surface area contributed by atoms with Crippen molar-refractivity contribution in [2.45, 2.75) is 11.4 Å². The zero-order chi connectivity index (χ0) is 15.5. The van der Waals surface area contributed by atoms with Gasteiger partial charge >= 0.3 is 0 Å². The fourth-order valence-electron chi connectivity index (χ4n) is 1.93. The van der Waals surface area contributed by atoms with Gasteiger partial charge in [0.15, 0.2) is 9.84 Å². The molecular weight excluding hydrogens is 312 g/mol. The average Bonchev–Trinajstić information content (AvgIpc) is 2.45. The number of hydrogen-bond donors (Lipinski definition) is 1. The summed E-state index contributed by atoms with van der Waals surface area (Å²) >= 11 is 6.12. The second-order valence-electron chi connectivity index (χ2n) is 4.40. The Kier molecular flexibility index (Phi) is 4.69. The van der Waals surface area contributed by atoms with E-state index in [0.29, 0.717) is 22.2 Å². The van der Waals surface area contributed by atoms with E-state index >= 15 is 0 Å². The Bertz CT molecular complexity index is 748. The highest BCUT2D eigenvalue weighted by Gasteiger charge is 2.16. The molecule has 0 aliphatic rings. The molecule has 0 aliphatic carbocycles. The van der Waals surface area contributed by atoms with Gasteiger partial charge < -0.3 is 10.1 Å². The molecule has 112 valence electrons. The molecular formula is C14H15ClN2O3S. The van der Waals surface area contributed by atoms with Crippen molar-refractivity contribution < 1.29 is 13.2 Å². The van der Waals surface area contributed by atoms with Crippen molar-refractivity contribution in [3.63, 3.8) is 0 Å². The van der Waals surface area contributed by atoms with Crippen LogP contribution in [0.5, 0.6) is 5.88 Å². The number of rotatable bonds is 5. The summed E-state index contributed by atoms with van der Waals surface area (Å²) in [6.07, 6.45) is 2.77. The summed E-state index contributed by atoms with van der Waals surface area (Å²) in [6.45, 7) is 0.254. The molecule has 2 aromatic rings. The third-order valence-electron chi connectivity index (χ3n) is 2.90. The summed E-state index contributed by atoms with van der Waals surface area (Å²) in [4.78, 5) is 4.28. The third-order valence-corrected chi connectivity index (χ3v) is 4.43. The van der Waals surface area contributed by atoms with Gasteiger partial charge in [-0.05, 0) is 24.3 Å². The van der Waals surface area contributed by atoms with E-state index in [1.807, 2.05) is 0 Å². The van der Waals surface area contributed by atoms with Crippen molar-refractivity contribution in [2.75, 3.05) is 18.7 Å². The summed E-state index contributed by atoms with van der Waals surface area (Å²) in [6, 6.07) is 8.37. The van der Waals surface area contributed by atoms with Crippen molar-refractivity contribution in [3.8, 4) is 5.88 Å². The molecule has 0 saturated carbocycles. The summed E-state index contributed by atoms with van der Waals surface area (Å²) in [5.74, 6) is 0.436. The molecule has 0 aliphatic heterocycles. The maximum atomic E-state index is 11.8. The fourth-order valence-corrected chi connectivity index (χ4v) is 3.18. The molecule has 7 heteroatoms. The lowest BCUT2D eigenvalue weighted by Gasteiger charge is -2.13. The first kappa shape index (κ1) is 15.6. The van der Waals surface area contributed by atoms with E-state index in [4.69, 9.17) is 16.3 Å². The van der Waals surface area contributed by atoms with E-state index in [0.717, 1.165) is 6.26 Å². The van der Waals surface area contributed by atoms with Gasteiger partial charge in [0.1, 0.15) is 0 Å². The molecule has 2 rings (SSSR count). The number of nitrogens with zero attached hydrogens (tertiary/aromatic N) is 1. The van der Waals surface area contributed by atoms with Gasteiger partial charge in [0, 0.05) is 29.6 Å². The first-order valence-corrected chi connectivity index (χ1v) is 8.40. The number of nitrogens with one attached hydrogen (secondary N) is 1. The Morgan fingerprint density at radius 2 is 2.05 bits per heavy atom. The topological polar surface area (TPSA) is 68.3 Å². The van der Waals surface area contributed by atoms with E-state index in [1.54, 1.807) is 36.5 Å². The van der Waals surface area contributed by atoms with E-state index in [1.165, 1.54) is 7.11 Å². The van der Waals surface area contributed by atoms with Crippen LogP contribution in [0.4, 0.5) is 5.69 Å². The van der Waals surface area contributed by atoms with Crippen molar-refractivity contribution >= 4 is 27.1 Å². The third kappa shape index (κ3) is 3.65. The zero-order valence-electron chi connectivity index (χ0n) is 11.6. The SMILES string of the molecule is COc1ncccc1NCc1c(Cl)cccc1S(C)(=O)=O. The molecule has 1 heterocycles. The highest BCUT2D eigenvalue weighted by atomic mass is 35.5. The van der Waals surface area contributed by atoms with Crippen LogP contribution in [0.2, 0.25) is 5.02 Å². The minimum atomic E-state index is -3.35. The smallest absolute Gasteiger partial charge is 0.237 e. The molecule has 21 heavy (non-hydrogen) atoms. The van der Waals surface area contributed by atoms with Gasteiger partial charge in [0.25, 0.3) is 0 Å². The number of sulfone groups is 1. The zero-order valence-corrected chi connectivity index (χ0v) is 13.2. The lowest BCUT2D eigenvalue weighted by Crippen LogP contribution is -2.08. The van der Waals surface area contributed by atoms with Crippen LogP contribution in [0.3, 0.4) is 0 Å². The quantitative estimate of drug-likeness (QED) is 0.915. The van der Waals surface area contributed by atoms with Gasteiger partial charge in [0.2, 0.25) is 5.88 Å². The number of aromatic nitrogens is 1. The molecule has 0 saturated heterocycles. The Morgan fingerprint density at radius 3 is 2.71 bits per heavy atom. The van der Waals surface area contributed by atoms with Crippen molar-refractivity contribution in [3.05, 3.63) is 47.1 Å². The van der Waals surface area contributed by atoms with Crippen LogP contribution in [-0.4, -0.2) is 26.8 Å². The Balaban J connectivity index is 2.33. The van der Waals surface area contributed by atoms with Crippen molar-refractivity contribution in [2.24, 2.45) is 0 Å². The van der Waals surface area contributed by atoms with Crippen LogP contribution in [0.1, 0.15) is 5.56 Å². The summed E-state index contributed by atoms with van der Waals surface area (Å²) in [5, 5.41) is 3.49. The highest BCUT2D eigenvalue weighted by Crippen LogP contribution is 2.27. The summed E-state index contributed by atoms with van der Waals surface area (Å²) in [7, 11) is -1.83. The summed E-state index contributed by atoms with van der Waals surface area (Å²) in [5.41, 5.74) is 1.19. The molecule has 0 fully saturated rings. The van der Waals surface area contributed by atoms with Crippen LogP contribution < -0.4 is 10.1 Å². The number of ether oxygens (including phenoxy) is 1. The molecule has 1 N–H and O–H groups in total. The lowest BCUT2D eigenvalue weighted by atomic mass is 10.2. The number of halogens is 1. The van der Waals surface area contributed by atoms with Gasteiger partial charge in [-0.1, -0.05) is 17.7 Å².